The molecule has 32 heavy (non-hydrogen) atoms. The van der Waals surface area contributed by atoms with Gasteiger partial charge in [-0.05, 0) is 29.0 Å². The first-order chi connectivity index (χ1) is 14.4. The summed E-state index contributed by atoms with van der Waals surface area (Å²) in [6, 6.07) is 4.75. The maximum atomic E-state index is 14.1. The molecule has 0 amide bonds. The van der Waals surface area contributed by atoms with Crippen LogP contribution in [0.2, 0.25) is 0 Å². The molecule has 10 heteroatoms. The first kappa shape index (κ1) is 25.4. The molecule has 0 aliphatic carbocycles. The van der Waals surface area contributed by atoms with Crippen molar-refractivity contribution in [2.75, 3.05) is 0 Å². The lowest BCUT2D eigenvalue weighted by Crippen LogP contribution is -2.69. The van der Waals surface area contributed by atoms with E-state index >= 15 is 0 Å². The number of nitrogens with zero attached hydrogens (tertiary/aromatic N) is 1. The van der Waals surface area contributed by atoms with Crippen LogP contribution in [-0.2, 0) is 21.0 Å². The van der Waals surface area contributed by atoms with E-state index in [1.807, 2.05) is 0 Å². The van der Waals surface area contributed by atoms with Gasteiger partial charge in [-0.15, -0.1) is 0 Å². The van der Waals surface area contributed by atoms with Crippen LogP contribution in [0.4, 0.5) is 9.59 Å². The molecule has 10 nitrogen and oxygen atoms in total. The van der Waals surface area contributed by atoms with E-state index in [9.17, 15) is 24.6 Å². The van der Waals surface area contributed by atoms with E-state index in [1.165, 1.54) is 6.07 Å². The van der Waals surface area contributed by atoms with Crippen molar-refractivity contribution in [3.63, 3.8) is 0 Å². The molecule has 0 saturated heterocycles. The lowest BCUT2D eigenvalue weighted by molar-refractivity contribution is -0.380. The van der Waals surface area contributed by atoms with Crippen LogP contribution in [0.15, 0.2) is 18.2 Å². The number of carbonyl (C=O) groups excluding carboxylic acids is 1. The molecule has 0 radical (unpaired) electrons. The van der Waals surface area contributed by atoms with Gasteiger partial charge in [-0.2, -0.15) is 0 Å². The Kier molecular flexibility index (Phi) is 6.55. The second-order valence-corrected chi connectivity index (χ2v) is 10.1. The molecule has 1 aliphatic heterocycles. The molecule has 0 atom stereocenters. The predicted molar refractivity (Wildman–Crippen MR) is 112 cm³/mol. The highest BCUT2D eigenvalue weighted by Gasteiger charge is 2.64. The molecule has 1 aromatic carbocycles. The van der Waals surface area contributed by atoms with E-state index < -0.39 is 40.2 Å². The quantitative estimate of drug-likeness (QED) is 0.470. The average molecular weight is 453 g/mol. The van der Waals surface area contributed by atoms with Crippen molar-refractivity contribution in [3.05, 3.63) is 29.3 Å². The van der Waals surface area contributed by atoms with Gasteiger partial charge in [0, 0.05) is 25.0 Å². The van der Waals surface area contributed by atoms with Crippen molar-refractivity contribution in [3.8, 4) is 5.75 Å². The topological polar surface area (TPSA) is 132 Å². The number of ketones is 1. The molecule has 0 bridgehead atoms. The fourth-order valence-electron chi connectivity index (χ4n) is 4.42. The van der Waals surface area contributed by atoms with Crippen LogP contribution in [0.25, 0.3) is 0 Å². The SMILES string of the molecule is CC1(C)OCc2cc(C(=O)C(N(OC(=O)O)OC(=O)O)(C(C)(C)C)C(C)(C)C)ccc2O1. The molecule has 0 saturated carbocycles. The Morgan fingerprint density at radius 1 is 0.969 bits per heavy atom. The maximum Gasteiger partial charge on any atom is 0.528 e. The van der Waals surface area contributed by atoms with E-state index in [1.54, 1.807) is 67.5 Å². The summed E-state index contributed by atoms with van der Waals surface area (Å²) in [4.78, 5) is 46.4. The summed E-state index contributed by atoms with van der Waals surface area (Å²) in [6.45, 7) is 13.8. The van der Waals surface area contributed by atoms with Gasteiger partial charge in [-0.3, -0.25) is 14.5 Å². The minimum Gasteiger partial charge on any atom is -0.463 e. The normalized spacial score (nSPS) is 16.0. The number of hydrogen-bond acceptors (Lipinski definition) is 8. The summed E-state index contributed by atoms with van der Waals surface area (Å²) < 4.78 is 11.4. The van der Waals surface area contributed by atoms with Crippen molar-refractivity contribution in [1.82, 2.24) is 5.23 Å². The Labute approximate surface area is 186 Å². The fourth-order valence-corrected chi connectivity index (χ4v) is 4.42. The summed E-state index contributed by atoms with van der Waals surface area (Å²) in [5, 5.41) is 18.8. The zero-order valence-corrected chi connectivity index (χ0v) is 19.6. The zero-order chi connectivity index (χ0) is 24.7. The molecule has 178 valence electrons. The van der Waals surface area contributed by atoms with Crippen molar-refractivity contribution in [2.45, 2.75) is 73.3 Å². The molecule has 0 unspecified atom stereocenters. The third-order valence-electron chi connectivity index (χ3n) is 5.35. The first-order valence-corrected chi connectivity index (χ1v) is 10.0. The van der Waals surface area contributed by atoms with Crippen LogP contribution in [0.5, 0.6) is 5.75 Å². The molecule has 1 aliphatic rings. The minimum absolute atomic E-state index is 0.188. The monoisotopic (exact) mass is 453 g/mol. The lowest BCUT2D eigenvalue weighted by Gasteiger charge is -2.53. The van der Waals surface area contributed by atoms with Crippen LogP contribution in [0, 0.1) is 10.8 Å². The van der Waals surface area contributed by atoms with Crippen LogP contribution in [0.3, 0.4) is 0 Å². The minimum atomic E-state index is -1.89. The van der Waals surface area contributed by atoms with Gasteiger partial charge in [0.25, 0.3) is 0 Å². The Morgan fingerprint density at radius 2 is 1.47 bits per heavy atom. The third-order valence-corrected chi connectivity index (χ3v) is 5.35. The number of rotatable bonds is 5. The summed E-state index contributed by atoms with van der Waals surface area (Å²) >= 11 is 0. The Morgan fingerprint density at radius 3 is 1.91 bits per heavy atom. The molecule has 0 spiro atoms. The molecular formula is C22H31NO9. The zero-order valence-electron chi connectivity index (χ0n) is 19.6. The standard InChI is InChI=1S/C22H31NO9/c1-19(2,3)22(20(4,5)6,23(31-17(25)26)32-18(27)28)16(24)13-9-10-15-14(11-13)12-29-21(7,8)30-15/h9-11H,12H2,1-8H3,(H,25,26)(H,27,28). The Hall–Kier alpha value is -2.85. The number of Topliss-reactive ketones (excluding diaryl/α,β-unsaturated/α-hetero) is 1. The van der Waals surface area contributed by atoms with Crippen LogP contribution >= 0.6 is 0 Å². The molecule has 0 fully saturated rings. The van der Waals surface area contributed by atoms with E-state index in [-0.39, 0.29) is 17.4 Å². The van der Waals surface area contributed by atoms with Gasteiger partial charge in [0.15, 0.2) is 11.3 Å². The first-order valence-electron chi connectivity index (χ1n) is 10.0. The van der Waals surface area contributed by atoms with Gasteiger partial charge in [0.05, 0.1) is 11.8 Å². The average Bonchev–Trinajstić information content (AvgIpc) is 2.57. The van der Waals surface area contributed by atoms with Crippen LogP contribution < -0.4 is 4.74 Å². The van der Waals surface area contributed by atoms with E-state index in [0.29, 0.717) is 11.3 Å². The van der Waals surface area contributed by atoms with E-state index in [0.717, 1.165) is 0 Å². The molecule has 1 heterocycles. The number of hydrogen-bond donors (Lipinski definition) is 2. The third kappa shape index (κ3) is 4.66. The van der Waals surface area contributed by atoms with Crippen LogP contribution in [-0.4, -0.2) is 44.9 Å². The maximum absolute atomic E-state index is 14.1. The molecule has 2 N–H and O–H groups in total. The van der Waals surface area contributed by atoms with Gasteiger partial charge in [-0.1, -0.05) is 41.5 Å². The van der Waals surface area contributed by atoms with Gasteiger partial charge < -0.3 is 19.7 Å². The highest BCUT2D eigenvalue weighted by Crippen LogP contribution is 2.51. The molecule has 0 aromatic heterocycles. The number of ether oxygens (including phenoxy) is 2. The molecule has 1 aromatic rings. The molecular weight excluding hydrogens is 422 g/mol. The van der Waals surface area contributed by atoms with Crippen molar-refractivity contribution in [1.29, 1.82) is 0 Å². The number of carboxylic acid groups (broad SMARTS) is 2. The second-order valence-electron chi connectivity index (χ2n) is 10.1. The largest absolute Gasteiger partial charge is 0.528 e. The van der Waals surface area contributed by atoms with E-state index in [4.69, 9.17) is 19.1 Å². The smallest absolute Gasteiger partial charge is 0.463 e. The van der Waals surface area contributed by atoms with Gasteiger partial charge in [-0.25, -0.2) is 9.59 Å². The second kappa shape index (κ2) is 8.25. The highest BCUT2D eigenvalue weighted by atomic mass is 17.0. The van der Waals surface area contributed by atoms with Gasteiger partial charge >= 0.3 is 12.3 Å². The summed E-state index contributed by atoms with van der Waals surface area (Å²) in [5.74, 6) is -0.858. The number of benzene rings is 1. The van der Waals surface area contributed by atoms with Gasteiger partial charge in [0.2, 0.25) is 5.79 Å². The van der Waals surface area contributed by atoms with E-state index in [2.05, 4.69) is 0 Å². The predicted octanol–water partition coefficient (Wildman–Crippen LogP) is 4.87. The molecule has 2 rings (SSSR count). The summed E-state index contributed by atoms with van der Waals surface area (Å²) in [5.41, 5.74) is -3.19. The number of hydroxylamine groups is 2. The lowest BCUT2D eigenvalue weighted by atomic mass is 9.57. The van der Waals surface area contributed by atoms with Gasteiger partial charge in [0.1, 0.15) is 5.75 Å². The Bertz CT molecular complexity index is 879. The highest BCUT2D eigenvalue weighted by molar-refractivity contribution is 6.04. The number of fused-ring (bicyclic) bond motifs is 1. The van der Waals surface area contributed by atoms with Crippen molar-refractivity contribution < 1.29 is 43.7 Å². The van der Waals surface area contributed by atoms with Crippen LogP contribution in [0.1, 0.15) is 71.3 Å². The summed E-state index contributed by atoms with van der Waals surface area (Å²) in [6.07, 6.45) is -3.65. The number of carbonyl (C=O) groups is 3. The fraction of sp³-hybridized carbons (Fsp3) is 0.591. The summed E-state index contributed by atoms with van der Waals surface area (Å²) in [7, 11) is 0. The Balaban J connectivity index is 2.73. The van der Waals surface area contributed by atoms with Crippen molar-refractivity contribution in [2.24, 2.45) is 10.8 Å². The van der Waals surface area contributed by atoms with Crippen molar-refractivity contribution >= 4 is 18.1 Å².